The van der Waals surface area contributed by atoms with Crippen LogP contribution in [0, 0.1) is 28.4 Å². The molecule has 0 fully saturated rings. The Kier molecular flexibility index (Phi) is 3.39. The third-order valence-electron chi connectivity index (χ3n) is 2.46. The molecule has 1 aromatic heterocycles. The maximum absolute atomic E-state index is 10.7. The first kappa shape index (κ1) is 12.5. The third kappa shape index (κ3) is 2.66. The van der Waals surface area contributed by atoms with E-state index < -0.39 is 4.92 Å². The highest BCUT2D eigenvalue weighted by Crippen LogP contribution is 2.25. The van der Waals surface area contributed by atoms with Gasteiger partial charge in [0.05, 0.1) is 4.92 Å². The van der Waals surface area contributed by atoms with E-state index in [-0.39, 0.29) is 17.3 Å². The van der Waals surface area contributed by atoms with Crippen LogP contribution in [-0.2, 0) is 0 Å². The number of pyridine rings is 1. The summed E-state index contributed by atoms with van der Waals surface area (Å²) in [6.07, 6.45) is 0. The van der Waals surface area contributed by atoms with Crippen molar-refractivity contribution >= 4 is 5.69 Å². The highest BCUT2D eigenvalue weighted by Gasteiger charge is 2.16. The molecular formula is C13H9N3O3. The molecule has 0 unspecified atom stereocenters. The first-order valence-corrected chi connectivity index (χ1v) is 5.41. The Labute approximate surface area is 109 Å². The number of aromatic nitrogens is 1. The van der Waals surface area contributed by atoms with Crippen molar-refractivity contribution in [2.75, 3.05) is 0 Å². The number of nitriles is 1. The highest BCUT2D eigenvalue weighted by atomic mass is 16.6. The molecule has 0 bridgehead atoms. The molecule has 0 N–H and O–H groups in total. The van der Waals surface area contributed by atoms with Crippen LogP contribution in [0.25, 0.3) is 0 Å². The quantitative estimate of drug-likeness (QED) is 0.621. The first-order chi connectivity index (χ1) is 9.11. The molecule has 0 radical (unpaired) electrons. The van der Waals surface area contributed by atoms with Crippen LogP contribution in [0.15, 0.2) is 36.4 Å². The normalized spacial score (nSPS) is 9.68. The third-order valence-corrected chi connectivity index (χ3v) is 2.46. The van der Waals surface area contributed by atoms with Gasteiger partial charge in [-0.25, -0.2) is 0 Å². The summed E-state index contributed by atoms with van der Waals surface area (Å²) < 4.78 is 5.50. The van der Waals surface area contributed by atoms with Crippen molar-refractivity contribution in [3.05, 3.63) is 57.8 Å². The predicted molar refractivity (Wildman–Crippen MR) is 66.9 cm³/mol. The Balaban J connectivity index is 2.36. The van der Waals surface area contributed by atoms with Crippen molar-refractivity contribution in [1.82, 2.24) is 4.98 Å². The fourth-order valence-corrected chi connectivity index (χ4v) is 1.50. The SMILES string of the molecule is Cc1ccccc1Oc1ccc([N+](=O)[O-])c(C#N)n1. The predicted octanol–water partition coefficient (Wildman–Crippen LogP) is 2.96. The maximum Gasteiger partial charge on any atom is 0.305 e. The molecule has 2 rings (SSSR count). The van der Waals surface area contributed by atoms with Crippen molar-refractivity contribution in [2.24, 2.45) is 0 Å². The van der Waals surface area contributed by atoms with Crippen molar-refractivity contribution < 1.29 is 9.66 Å². The van der Waals surface area contributed by atoms with Gasteiger partial charge in [0.1, 0.15) is 11.8 Å². The van der Waals surface area contributed by atoms with Gasteiger partial charge in [-0.15, -0.1) is 0 Å². The van der Waals surface area contributed by atoms with Crippen molar-refractivity contribution in [2.45, 2.75) is 6.92 Å². The largest absolute Gasteiger partial charge is 0.439 e. The van der Waals surface area contributed by atoms with E-state index in [1.165, 1.54) is 12.1 Å². The van der Waals surface area contributed by atoms with E-state index in [1.54, 1.807) is 18.2 Å². The zero-order valence-electron chi connectivity index (χ0n) is 10.0. The number of nitrogens with zero attached hydrogens (tertiary/aromatic N) is 3. The van der Waals surface area contributed by atoms with Gasteiger partial charge in [-0.3, -0.25) is 10.1 Å². The summed E-state index contributed by atoms with van der Waals surface area (Å²) in [5.74, 6) is 0.740. The monoisotopic (exact) mass is 255 g/mol. The fourth-order valence-electron chi connectivity index (χ4n) is 1.50. The Morgan fingerprint density at radius 2 is 2.05 bits per heavy atom. The second-order valence-electron chi connectivity index (χ2n) is 3.75. The van der Waals surface area contributed by atoms with Gasteiger partial charge in [-0.1, -0.05) is 18.2 Å². The molecule has 1 heterocycles. The van der Waals surface area contributed by atoms with Crippen LogP contribution in [0.2, 0.25) is 0 Å². The van der Waals surface area contributed by atoms with Gasteiger partial charge in [0.25, 0.3) is 0 Å². The van der Waals surface area contributed by atoms with Crippen molar-refractivity contribution in [1.29, 1.82) is 5.26 Å². The number of benzene rings is 1. The Hall–Kier alpha value is -2.94. The maximum atomic E-state index is 10.7. The fraction of sp³-hybridized carbons (Fsp3) is 0.0769. The summed E-state index contributed by atoms with van der Waals surface area (Å²) >= 11 is 0. The summed E-state index contributed by atoms with van der Waals surface area (Å²) in [5, 5.41) is 19.5. The molecule has 0 aliphatic rings. The van der Waals surface area contributed by atoms with E-state index >= 15 is 0 Å². The number of hydrogen-bond donors (Lipinski definition) is 0. The van der Waals surface area contributed by atoms with Gasteiger partial charge >= 0.3 is 5.69 Å². The molecule has 1 aromatic carbocycles. The van der Waals surface area contributed by atoms with E-state index in [9.17, 15) is 10.1 Å². The average molecular weight is 255 g/mol. The minimum absolute atomic E-state index is 0.149. The second-order valence-corrected chi connectivity index (χ2v) is 3.75. The summed E-state index contributed by atoms with van der Waals surface area (Å²) in [7, 11) is 0. The average Bonchev–Trinajstić information content (AvgIpc) is 2.41. The number of aryl methyl sites for hydroxylation is 1. The van der Waals surface area contributed by atoms with Crippen molar-refractivity contribution in [3.63, 3.8) is 0 Å². The zero-order chi connectivity index (χ0) is 13.8. The number of rotatable bonds is 3. The van der Waals surface area contributed by atoms with Crippen LogP contribution >= 0.6 is 0 Å². The van der Waals surface area contributed by atoms with Crippen LogP contribution in [0.5, 0.6) is 11.6 Å². The van der Waals surface area contributed by atoms with Crippen molar-refractivity contribution in [3.8, 4) is 17.7 Å². The lowest BCUT2D eigenvalue weighted by Crippen LogP contribution is -1.97. The number of hydrogen-bond acceptors (Lipinski definition) is 5. The number of nitro groups is 1. The molecule has 0 saturated heterocycles. The molecule has 0 atom stereocenters. The zero-order valence-corrected chi connectivity index (χ0v) is 10.0. The molecule has 19 heavy (non-hydrogen) atoms. The van der Waals surface area contributed by atoms with E-state index in [4.69, 9.17) is 10.00 Å². The molecule has 0 spiro atoms. The highest BCUT2D eigenvalue weighted by molar-refractivity contribution is 5.46. The van der Waals surface area contributed by atoms with E-state index in [1.807, 2.05) is 19.1 Å². The van der Waals surface area contributed by atoms with Crippen LogP contribution in [-0.4, -0.2) is 9.91 Å². The summed E-state index contributed by atoms with van der Waals surface area (Å²) in [6.45, 7) is 1.87. The lowest BCUT2D eigenvalue weighted by Gasteiger charge is -2.07. The molecule has 6 nitrogen and oxygen atoms in total. The minimum atomic E-state index is -0.650. The molecular weight excluding hydrogens is 246 g/mol. The smallest absolute Gasteiger partial charge is 0.305 e. The molecule has 0 aliphatic heterocycles. The molecule has 0 saturated carbocycles. The second kappa shape index (κ2) is 5.14. The van der Waals surface area contributed by atoms with Gasteiger partial charge in [-0.2, -0.15) is 10.2 Å². The minimum Gasteiger partial charge on any atom is -0.439 e. The molecule has 94 valence electrons. The van der Waals surface area contributed by atoms with Crippen LogP contribution in [0.1, 0.15) is 11.3 Å². The van der Waals surface area contributed by atoms with Gasteiger partial charge in [0.2, 0.25) is 11.6 Å². The summed E-state index contributed by atoms with van der Waals surface area (Å²) in [5.41, 5.74) is 0.303. The molecule has 0 amide bonds. The van der Waals surface area contributed by atoms with Gasteiger partial charge in [-0.05, 0) is 18.6 Å². The Morgan fingerprint density at radius 1 is 1.32 bits per heavy atom. The van der Waals surface area contributed by atoms with Crippen LogP contribution < -0.4 is 4.74 Å². The topological polar surface area (TPSA) is 89.0 Å². The van der Waals surface area contributed by atoms with E-state index in [2.05, 4.69) is 4.98 Å². The van der Waals surface area contributed by atoms with E-state index in [0.717, 1.165) is 5.56 Å². The molecule has 6 heteroatoms. The summed E-state index contributed by atoms with van der Waals surface area (Å²) in [4.78, 5) is 13.9. The van der Waals surface area contributed by atoms with Gasteiger partial charge in [0.15, 0.2) is 0 Å². The Bertz CT molecular complexity index is 677. The summed E-state index contributed by atoms with van der Waals surface area (Å²) in [6, 6.07) is 11.6. The van der Waals surface area contributed by atoms with Gasteiger partial charge in [0, 0.05) is 12.1 Å². The van der Waals surface area contributed by atoms with E-state index in [0.29, 0.717) is 5.75 Å². The lowest BCUT2D eigenvalue weighted by atomic mass is 10.2. The standard InChI is InChI=1S/C13H9N3O3/c1-9-4-2-3-5-12(9)19-13-7-6-11(16(17)18)10(8-14)15-13/h2-7H,1H3. The van der Waals surface area contributed by atoms with Crippen LogP contribution in [0.4, 0.5) is 5.69 Å². The lowest BCUT2D eigenvalue weighted by molar-refractivity contribution is -0.385. The van der Waals surface area contributed by atoms with Crippen LogP contribution in [0.3, 0.4) is 0 Å². The molecule has 0 aliphatic carbocycles. The Morgan fingerprint density at radius 3 is 2.68 bits per heavy atom. The number of ether oxygens (including phenoxy) is 1. The number of para-hydroxylation sites is 1. The first-order valence-electron chi connectivity index (χ1n) is 5.41. The van der Waals surface area contributed by atoms with Gasteiger partial charge < -0.3 is 4.74 Å². The molecule has 2 aromatic rings.